The van der Waals surface area contributed by atoms with Gasteiger partial charge in [0.25, 0.3) is 0 Å². The maximum absolute atomic E-state index is 13.2. The fourth-order valence-corrected chi connectivity index (χ4v) is 7.64. The van der Waals surface area contributed by atoms with Gasteiger partial charge in [0.15, 0.2) is 0 Å². The van der Waals surface area contributed by atoms with Gasteiger partial charge in [-0.25, -0.2) is 0 Å². The number of para-hydroxylation sites is 1. The molecule has 118 valence electrons. The largest absolute Gasteiger partial charge is 0.274 e. The molecular weight excluding hydrogens is 298 g/mol. The summed E-state index contributed by atoms with van der Waals surface area (Å²) in [6, 6.07) is 9.49. The van der Waals surface area contributed by atoms with Gasteiger partial charge in [0, 0.05) is 5.92 Å². The minimum absolute atomic E-state index is 0.0624. The van der Waals surface area contributed by atoms with Crippen molar-refractivity contribution in [3.05, 3.63) is 54.1 Å². The Morgan fingerprint density at radius 2 is 1.46 bits per heavy atom. The Hall–Kier alpha value is -2.16. The van der Waals surface area contributed by atoms with Crippen molar-refractivity contribution < 1.29 is 9.59 Å². The van der Waals surface area contributed by atoms with E-state index in [4.69, 9.17) is 0 Å². The average Bonchev–Trinajstić information content (AvgIpc) is 3.29. The van der Waals surface area contributed by atoms with Crippen LogP contribution in [0.25, 0.3) is 0 Å². The Labute approximate surface area is 140 Å². The topological polar surface area (TPSA) is 37.4 Å². The van der Waals surface area contributed by atoms with E-state index in [1.54, 1.807) is 5.57 Å². The molecule has 4 fully saturated rings. The van der Waals surface area contributed by atoms with Gasteiger partial charge < -0.3 is 0 Å². The highest BCUT2D eigenvalue weighted by molar-refractivity contribution is 6.22. The van der Waals surface area contributed by atoms with Crippen LogP contribution in [-0.4, -0.2) is 11.8 Å². The van der Waals surface area contributed by atoms with Crippen LogP contribution in [-0.2, 0) is 9.59 Å². The predicted octanol–water partition coefficient (Wildman–Crippen LogP) is 2.66. The molecule has 3 heteroatoms. The molecule has 8 aliphatic rings. The van der Waals surface area contributed by atoms with Gasteiger partial charge in [0.1, 0.15) is 0 Å². The first-order chi connectivity index (χ1) is 11.8. The Balaban J connectivity index is 1.38. The number of hydrogen-bond acceptors (Lipinski definition) is 2. The van der Waals surface area contributed by atoms with Gasteiger partial charge in [-0.15, -0.1) is 0 Å². The van der Waals surface area contributed by atoms with Crippen molar-refractivity contribution in [2.75, 3.05) is 4.90 Å². The van der Waals surface area contributed by atoms with Gasteiger partial charge in [-0.3, -0.25) is 14.5 Å². The number of allylic oxidation sites excluding steroid dienone is 4. The highest BCUT2D eigenvalue weighted by Gasteiger charge is 2.78. The minimum Gasteiger partial charge on any atom is -0.274 e. The predicted molar refractivity (Wildman–Crippen MR) is 87.6 cm³/mol. The summed E-state index contributed by atoms with van der Waals surface area (Å²) in [7, 11) is 0. The van der Waals surface area contributed by atoms with Crippen LogP contribution in [0.15, 0.2) is 54.1 Å². The van der Waals surface area contributed by atoms with Crippen LogP contribution in [0.1, 0.15) is 0 Å². The molecule has 1 aromatic carbocycles. The summed E-state index contributed by atoms with van der Waals surface area (Å²) < 4.78 is 0. The lowest BCUT2D eigenvalue weighted by Crippen LogP contribution is -2.47. The van der Waals surface area contributed by atoms with Crippen molar-refractivity contribution >= 4 is 17.5 Å². The third-order valence-corrected chi connectivity index (χ3v) is 7.96. The maximum atomic E-state index is 13.2. The number of hydrogen-bond donors (Lipinski definition) is 0. The molecule has 7 aliphatic carbocycles. The SMILES string of the molecule is O=C1[C@@H]2[C@H](C(=O)N1c1ccccc1)[C@H]1[C@@H]3C4=C[C@H]5C=C[C@H]4[C@H]([C@@H]23)[C@H]51. The highest BCUT2D eigenvalue weighted by atomic mass is 16.2. The second kappa shape index (κ2) is 3.58. The Morgan fingerprint density at radius 3 is 2.21 bits per heavy atom. The molecule has 1 aliphatic heterocycles. The molecule has 9 rings (SSSR count). The zero-order valence-electron chi connectivity index (χ0n) is 13.1. The average molecular weight is 315 g/mol. The number of carbonyl (C=O) groups is 2. The Kier molecular flexibility index (Phi) is 1.83. The molecule has 8 bridgehead atoms. The van der Waals surface area contributed by atoms with Crippen LogP contribution in [0.3, 0.4) is 0 Å². The third-order valence-electron chi connectivity index (χ3n) is 7.96. The quantitative estimate of drug-likeness (QED) is 0.590. The van der Waals surface area contributed by atoms with Crippen molar-refractivity contribution in [2.24, 2.45) is 53.3 Å². The zero-order valence-corrected chi connectivity index (χ0v) is 13.1. The molecule has 0 N–H and O–H groups in total. The number of nitrogens with zero attached hydrogens (tertiary/aromatic N) is 1. The molecule has 3 nitrogen and oxygen atoms in total. The standard InChI is InChI=1S/C21H17NO2/c23-20-18-16-13-9-6-7-11-12(8-9)15(16)17(14(11)13)19(18)21(24)22(20)10-4-2-1-3-5-10/h1-9,11,13-19H/t9-,11-,13+,14+,15+,16-,17-,18-,19+/m1/s1. The number of fused-ring (bicyclic) bond motifs is 1. The van der Waals surface area contributed by atoms with Crippen molar-refractivity contribution in [3.8, 4) is 0 Å². The molecular formula is C21H17NO2. The molecule has 0 unspecified atom stereocenters. The number of carbonyl (C=O) groups excluding carboxylic acids is 2. The van der Waals surface area contributed by atoms with Crippen molar-refractivity contribution in [3.63, 3.8) is 0 Å². The van der Waals surface area contributed by atoms with E-state index in [1.807, 2.05) is 30.3 Å². The van der Waals surface area contributed by atoms with Gasteiger partial charge in [0.2, 0.25) is 11.8 Å². The van der Waals surface area contributed by atoms with Gasteiger partial charge in [-0.1, -0.05) is 42.0 Å². The Morgan fingerprint density at radius 1 is 0.750 bits per heavy atom. The van der Waals surface area contributed by atoms with Crippen LogP contribution >= 0.6 is 0 Å². The summed E-state index contributed by atoms with van der Waals surface area (Å²) in [4.78, 5) is 27.9. The first-order valence-corrected chi connectivity index (χ1v) is 9.10. The summed E-state index contributed by atoms with van der Waals surface area (Å²) in [6.07, 6.45) is 7.22. The molecule has 3 saturated carbocycles. The maximum Gasteiger partial charge on any atom is 0.238 e. The van der Waals surface area contributed by atoms with Gasteiger partial charge in [-0.05, 0) is 47.6 Å². The van der Waals surface area contributed by atoms with Crippen LogP contribution in [0.2, 0.25) is 0 Å². The third kappa shape index (κ3) is 1.03. The second-order valence-corrected chi connectivity index (χ2v) is 8.39. The van der Waals surface area contributed by atoms with Crippen molar-refractivity contribution in [2.45, 2.75) is 0 Å². The molecule has 0 radical (unpaired) electrons. The van der Waals surface area contributed by atoms with Crippen LogP contribution in [0, 0.1) is 53.3 Å². The monoisotopic (exact) mass is 315 g/mol. The van der Waals surface area contributed by atoms with E-state index < -0.39 is 0 Å². The second-order valence-electron chi connectivity index (χ2n) is 8.39. The van der Waals surface area contributed by atoms with Crippen molar-refractivity contribution in [1.82, 2.24) is 0 Å². The molecule has 2 amide bonds. The molecule has 9 atom stereocenters. The van der Waals surface area contributed by atoms with E-state index in [2.05, 4.69) is 18.2 Å². The summed E-state index contributed by atoms with van der Waals surface area (Å²) in [5.41, 5.74) is 2.32. The number of benzene rings is 1. The minimum atomic E-state index is -0.0624. The lowest BCUT2D eigenvalue weighted by Gasteiger charge is -2.50. The smallest absolute Gasteiger partial charge is 0.238 e. The molecule has 24 heavy (non-hydrogen) atoms. The number of rotatable bonds is 1. The highest BCUT2D eigenvalue weighted by Crippen LogP contribution is 2.78. The first-order valence-electron chi connectivity index (χ1n) is 9.10. The zero-order chi connectivity index (χ0) is 15.7. The molecule has 1 saturated heterocycles. The summed E-state index contributed by atoms with van der Waals surface area (Å²) in [5.74, 6) is 3.71. The van der Waals surface area contributed by atoms with Crippen molar-refractivity contribution in [1.29, 1.82) is 0 Å². The summed E-state index contributed by atoms with van der Waals surface area (Å²) >= 11 is 0. The summed E-state index contributed by atoms with van der Waals surface area (Å²) in [5, 5.41) is 0. The van der Waals surface area contributed by atoms with E-state index in [-0.39, 0.29) is 23.7 Å². The van der Waals surface area contributed by atoms with Gasteiger partial charge in [0.05, 0.1) is 17.5 Å². The van der Waals surface area contributed by atoms with Crippen LogP contribution < -0.4 is 4.90 Å². The fraction of sp³-hybridized carbons (Fsp3) is 0.429. The number of anilines is 1. The molecule has 0 aromatic heterocycles. The number of amides is 2. The molecule has 1 heterocycles. The van der Waals surface area contributed by atoms with Crippen LogP contribution in [0.5, 0.6) is 0 Å². The lowest BCUT2D eigenvalue weighted by molar-refractivity contribution is -0.124. The Bertz CT molecular complexity index is 854. The fourth-order valence-electron chi connectivity index (χ4n) is 7.64. The normalized spacial score (nSPS) is 51.1. The number of imide groups is 1. The van der Waals surface area contributed by atoms with E-state index in [0.29, 0.717) is 41.4 Å². The van der Waals surface area contributed by atoms with Crippen LogP contribution in [0.4, 0.5) is 5.69 Å². The van der Waals surface area contributed by atoms with E-state index in [1.165, 1.54) is 4.90 Å². The van der Waals surface area contributed by atoms with Gasteiger partial charge >= 0.3 is 0 Å². The van der Waals surface area contributed by atoms with Gasteiger partial charge in [-0.2, -0.15) is 0 Å². The van der Waals surface area contributed by atoms with E-state index in [0.717, 1.165) is 5.69 Å². The summed E-state index contributed by atoms with van der Waals surface area (Å²) in [6.45, 7) is 0. The van der Waals surface area contributed by atoms with E-state index >= 15 is 0 Å². The first kappa shape index (κ1) is 12.2. The molecule has 1 aromatic rings. The molecule has 0 spiro atoms. The van der Waals surface area contributed by atoms with E-state index in [9.17, 15) is 9.59 Å². The lowest BCUT2D eigenvalue weighted by atomic mass is 9.53.